The largest absolute Gasteiger partial charge is 0.415 e. The molecular formula is C45H98O8Si5. The molecule has 0 aliphatic rings. The maximum atomic E-state index is 9.44. The highest BCUT2D eigenvalue weighted by Crippen LogP contribution is 2.05. The molecule has 2 rings (SSSR count). The Balaban J connectivity index is -0.0000000840. The van der Waals surface area contributed by atoms with Crippen LogP contribution in [0.3, 0.4) is 0 Å². The molecule has 8 nitrogen and oxygen atoms in total. The van der Waals surface area contributed by atoms with Gasteiger partial charge in [0.2, 0.25) is 0 Å². The maximum Gasteiger partial charge on any atom is 0.184 e. The van der Waals surface area contributed by atoms with E-state index in [2.05, 4.69) is 145 Å². The highest BCUT2D eigenvalue weighted by Gasteiger charge is 2.14. The average Bonchev–Trinajstić information content (AvgIpc) is 3.10. The van der Waals surface area contributed by atoms with Crippen LogP contribution in [-0.4, -0.2) is 104 Å². The lowest BCUT2D eigenvalue weighted by molar-refractivity contribution is -0.157. The predicted octanol–water partition coefficient (Wildman–Crippen LogP) is 8.75. The molecule has 0 radical (unpaired) electrons. The van der Waals surface area contributed by atoms with Crippen molar-refractivity contribution in [1.82, 2.24) is 0 Å². The summed E-state index contributed by atoms with van der Waals surface area (Å²) in [6, 6.07) is 30.4. The van der Waals surface area contributed by atoms with E-state index < -0.39 is 8.32 Å². The molecule has 0 unspecified atom stereocenters. The van der Waals surface area contributed by atoms with Gasteiger partial charge in [0.1, 0.15) is 30.9 Å². The van der Waals surface area contributed by atoms with Crippen LogP contribution in [0.4, 0.5) is 0 Å². The normalized spacial score (nSPS) is 9.03. The van der Waals surface area contributed by atoms with E-state index in [0.717, 1.165) is 0 Å². The van der Waals surface area contributed by atoms with Crippen LogP contribution in [0.2, 0.25) is 55.9 Å². The lowest BCUT2D eigenvalue weighted by Crippen LogP contribution is -2.28. The number of methoxy groups -OCH3 is 2. The highest BCUT2D eigenvalue weighted by atomic mass is 28.4. The van der Waals surface area contributed by atoms with Crippen molar-refractivity contribution in [3.8, 4) is 0 Å². The van der Waals surface area contributed by atoms with Gasteiger partial charge in [0.05, 0.1) is 9.52 Å². The van der Waals surface area contributed by atoms with Gasteiger partial charge in [-0.3, -0.25) is 0 Å². The van der Waals surface area contributed by atoms with E-state index in [9.17, 15) is 14.4 Å². The molecule has 0 aromatic heterocycles. The molecule has 13 heteroatoms. The van der Waals surface area contributed by atoms with E-state index in [4.69, 9.17) is 13.9 Å². The van der Waals surface area contributed by atoms with E-state index in [1.165, 1.54) is 88.2 Å². The summed E-state index contributed by atoms with van der Waals surface area (Å²) in [6.07, 6.45) is 0.404. The Hall–Kier alpha value is -1.67. The van der Waals surface area contributed by atoms with Gasteiger partial charge in [0.25, 0.3) is 0 Å². The van der Waals surface area contributed by atoms with Crippen LogP contribution in [0.15, 0.2) is 60.7 Å². The second kappa shape index (κ2) is 64.5. The van der Waals surface area contributed by atoms with Crippen molar-refractivity contribution < 1.29 is 37.8 Å². The van der Waals surface area contributed by atoms with Crippen LogP contribution in [0.1, 0.15) is 104 Å². The third-order valence-corrected chi connectivity index (χ3v) is 12.6. The van der Waals surface area contributed by atoms with Crippen molar-refractivity contribution in [3.05, 3.63) is 60.7 Å². The minimum Gasteiger partial charge on any atom is -0.415 e. The molecule has 346 valence electrons. The number of carbonyl (C=O) groups excluding carboxylic acids is 3. The molecule has 0 N–H and O–H groups in total. The third-order valence-electron chi connectivity index (χ3n) is 5.37. The Bertz CT molecular complexity index is 922. The first kappa shape index (κ1) is 73.8. The van der Waals surface area contributed by atoms with Crippen molar-refractivity contribution in [2.75, 3.05) is 34.6 Å². The fourth-order valence-corrected chi connectivity index (χ4v) is 8.51. The number of Topliss-reactive ketones (excluding diaryl/α,β-unsaturated/α-hetero) is 3. The summed E-state index contributed by atoms with van der Waals surface area (Å²) in [5, 5.41) is 3.02. The highest BCUT2D eigenvalue weighted by molar-refractivity contribution is 6.69. The first-order valence-electron chi connectivity index (χ1n) is 21.0. The molecule has 0 saturated carbocycles. The Morgan fingerprint density at radius 2 is 0.759 bits per heavy atom. The Labute approximate surface area is 371 Å². The number of carbonyl (C=O) groups is 3. The fraction of sp³-hybridized carbons (Fsp3) is 0.667. The van der Waals surface area contributed by atoms with Crippen LogP contribution < -0.4 is 10.4 Å². The number of benzene rings is 2. The van der Waals surface area contributed by atoms with Crippen molar-refractivity contribution in [2.45, 2.75) is 166 Å². The fourth-order valence-electron chi connectivity index (χ4n) is 3.49. The van der Waals surface area contributed by atoms with E-state index in [1.54, 1.807) is 14.2 Å². The van der Waals surface area contributed by atoms with Gasteiger partial charge in [-0.05, 0) is 75.0 Å². The minimum absolute atomic E-state index is 0. The molecular weight excluding hydrogens is 809 g/mol. The molecule has 0 heterocycles. The van der Waals surface area contributed by atoms with Gasteiger partial charge in [-0.1, -0.05) is 156 Å². The summed E-state index contributed by atoms with van der Waals surface area (Å²) in [4.78, 5) is 28.3. The average molecular weight is 908 g/mol. The second-order valence-electron chi connectivity index (χ2n) is 14.6. The molecule has 0 saturated heterocycles. The quantitative estimate of drug-likeness (QED) is 0.0938. The zero-order valence-corrected chi connectivity index (χ0v) is 47.5. The van der Waals surface area contributed by atoms with Gasteiger partial charge in [0.15, 0.2) is 15.1 Å². The molecule has 2 aromatic carbocycles. The first-order chi connectivity index (χ1) is 26.7. The second-order valence-corrected chi connectivity index (χ2v) is 29.1. The summed E-state index contributed by atoms with van der Waals surface area (Å²) in [5.74, 6) is 0.500. The van der Waals surface area contributed by atoms with Gasteiger partial charge >= 0.3 is 0 Å². The zero-order chi connectivity index (χ0) is 45.8. The molecule has 0 spiro atoms. The van der Waals surface area contributed by atoms with Gasteiger partial charge in [0, 0.05) is 48.9 Å². The molecule has 0 bridgehead atoms. The molecule has 58 heavy (non-hydrogen) atoms. The van der Waals surface area contributed by atoms with E-state index in [1.807, 2.05) is 0 Å². The summed E-state index contributed by atoms with van der Waals surface area (Å²) in [7, 11) is 2.95. The maximum absolute atomic E-state index is 9.44. The third kappa shape index (κ3) is 124. The smallest absolute Gasteiger partial charge is 0.184 e. The van der Waals surface area contributed by atoms with Gasteiger partial charge in [-0.15, -0.1) is 0 Å². The predicted molar refractivity (Wildman–Crippen MR) is 275 cm³/mol. The van der Waals surface area contributed by atoms with Gasteiger partial charge in [-0.2, -0.15) is 0 Å². The lowest BCUT2D eigenvalue weighted by atomic mass is 10.4. The van der Waals surface area contributed by atoms with Crippen LogP contribution in [0.25, 0.3) is 0 Å². The van der Waals surface area contributed by atoms with E-state index in [0.29, 0.717) is 34.7 Å². The summed E-state index contributed by atoms with van der Waals surface area (Å²) >= 11 is 0. The Kier molecular flexibility index (Phi) is 82.1. The number of ether oxygens (including phenoxy) is 4. The van der Waals surface area contributed by atoms with Crippen LogP contribution >= 0.6 is 0 Å². The number of rotatable bonds is 16. The van der Waals surface area contributed by atoms with Crippen LogP contribution in [0.5, 0.6) is 0 Å². The molecule has 0 aliphatic carbocycles. The minimum atomic E-state index is -1.22. The number of hydrogen-bond donors (Lipinski definition) is 0. The molecule has 0 aliphatic heterocycles. The summed E-state index contributed by atoms with van der Waals surface area (Å²) < 4.78 is 24.3. The van der Waals surface area contributed by atoms with Gasteiger partial charge < -0.3 is 37.8 Å². The first-order valence-corrected chi connectivity index (χ1v) is 31.8. The SMILES string of the molecule is C.CC(C)=O.CC(C)=O.CC(C)=O.CC(C)O[Si](C)(C)C.CC[SiH2]CC.CC[SiH2]CC.CC[SiH2]CC.COCOCOCOC.c1ccc([SiH2]c2ccccc2)cc1. The standard InChI is InChI=1S/C12H12Si.C6H16OSi.C5H12O4.3C4H12Si.3C3H6O.CH4/c1-3-7-11(8-4-1)13-12-9-5-2-6-10-12;1-6(2)7-8(3,4)5;1-6-3-8-5-9-4-7-2;3*1-3-5-4-2;3*1-3(2)4;/h1-10H,13H2;6H,1-5H3;3-5H2,1-2H3;3*3-5H2,1-2H3;3*1-2H3;1H4. The number of hydrogen-bond acceptors (Lipinski definition) is 8. The zero-order valence-electron chi connectivity index (χ0n) is 40.8. The van der Waals surface area contributed by atoms with E-state index in [-0.39, 0.29) is 54.7 Å². The molecule has 0 amide bonds. The van der Waals surface area contributed by atoms with Crippen molar-refractivity contribution in [2.24, 2.45) is 0 Å². The summed E-state index contributed by atoms with van der Waals surface area (Å²) in [5.41, 5.74) is 0. The lowest BCUT2D eigenvalue weighted by Gasteiger charge is -2.19. The van der Waals surface area contributed by atoms with Crippen molar-refractivity contribution in [3.63, 3.8) is 0 Å². The topological polar surface area (TPSA) is 97.4 Å². The Morgan fingerprint density at radius 1 is 0.517 bits per heavy atom. The molecule has 0 fully saturated rings. The van der Waals surface area contributed by atoms with Crippen molar-refractivity contribution >= 4 is 74.1 Å². The number of ketones is 3. The van der Waals surface area contributed by atoms with Crippen molar-refractivity contribution in [1.29, 1.82) is 0 Å². The van der Waals surface area contributed by atoms with Crippen LogP contribution in [-0.2, 0) is 37.8 Å². The van der Waals surface area contributed by atoms with Gasteiger partial charge in [-0.25, -0.2) is 0 Å². The molecule has 2 aromatic rings. The van der Waals surface area contributed by atoms with Crippen LogP contribution in [0, 0.1) is 0 Å². The summed E-state index contributed by atoms with van der Waals surface area (Å²) in [6.45, 7) is 34.3. The van der Waals surface area contributed by atoms with E-state index >= 15 is 0 Å². The monoisotopic (exact) mass is 907 g/mol. The molecule has 0 atom stereocenters. The Morgan fingerprint density at radius 3 is 0.897 bits per heavy atom.